The number of methoxy groups -OCH3 is 1. The lowest BCUT2D eigenvalue weighted by atomic mass is 10.1. The van der Waals surface area contributed by atoms with Crippen LogP contribution >= 0.6 is 11.8 Å². The molecule has 0 radical (unpaired) electrons. The summed E-state index contributed by atoms with van der Waals surface area (Å²) < 4.78 is 7.41. The second-order valence-corrected chi connectivity index (χ2v) is 8.26. The molecule has 0 fully saturated rings. The van der Waals surface area contributed by atoms with Crippen molar-refractivity contribution in [2.45, 2.75) is 37.6 Å². The van der Waals surface area contributed by atoms with Crippen LogP contribution in [0.5, 0.6) is 5.75 Å². The molecule has 6 nitrogen and oxygen atoms in total. The van der Waals surface area contributed by atoms with E-state index < -0.39 is 0 Å². The lowest BCUT2D eigenvalue weighted by molar-refractivity contribution is -0.120. The maximum Gasteiger partial charge on any atom is 0.220 e. The molecule has 0 aliphatic rings. The second-order valence-electron chi connectivity index (χ2n) is 7.31. The number of amides is 1. The van der Waals surface area contributed by atoms with E-state index >= 15 is 0 Å². The fraction of sp³-hybridized carbons (Fsp3) is 0.292. The largest absolute Gasteiger partial charge is 0.497 e. The molecule has 0 bridgehead atoms. The van der Waals surface area contributed by atoms with Crippen molar-refractivity contribution >= 4 is 17.7 Å². The quantitative estimate of drug-likeness (QED) is 0.376. The Morgan fingerprint density at radius 2 is 1.97 bits per heavy atom. The zero-order valence-electron chi connectivity index (χ0n) is 18.2. The first kappa shape index (κ1) is 22.6. The molecule has 0 spiro atoms. The zero-order chi connectivity index (χ0) is 22.2. The molecule has 2 aromatic carbocycles. The molecule has 0 aliphatic carbocycles. The fourth-order valence-electron chi connectivity index (χ4n) is 3.36. The Hall–Kier alpha value is -3.06. The number of ether oxygens (including phenoxy) is 1. The monoisotopic (exact) mass is 436 g/mol. The van der Waals surface area contributed by atoms with Crippen molar-refractivity contribution in [1.29, 1.82) is 0 Å². The Bertz CT molecular complexity index is 1040. The number of aryl methyl sites for hydroxylation is 3. The molecule has 0 unspecified atom stereocenters. The van der Waals surface area contributed by atoms with Gasteiger partial charge in [0, 0.05) is 31.2 Å². The van der Waals surface area contributed by atoms with Crippen LogP contribution in [0.3, 0.4) is 0 Å². The van der Waals surface area contributed by atoms with Crippen LogP contribution in [0.1, 0.15) is 28.9 Å². The minimum Gasteiger partial charge on any atom is -0.497 e. The smallest absolute Gasteiger partial charge is 0.220 e. The molecular weight excluding hydrogens is 408 g/mol. The van der Waals surface area contributed by atoms with E-state index in [4.69, 9.17) is 4.74 Å². The topological polar surface area (TPSA) is 69.0 Å². The van der Waals surface area contributed by atoms with Crippen molar-refractivity contribution in [2.24, 2.45) is 0 Å². The summed E-state index contributed by atoms with van der Waals surface area (Å²) in [5.41, 5.74) is 4.65. The summed E-state index contributed by atoms with van der Waals surface area (Å²) in [4.78, 5) is 12.1. The van der Waals surface area contributed by atoms with E-state index in [0.717, 1.165) is 28.2 Å². The second kappa shape index (κ2) is 10.8. The van der Waals surface area contributed by atoms with Crippen molar-refractivity contribution < 1.29 is 9.53 Å². The Kier molecular flexibility index (Phi) is 7.89. The maximum absolute atomic E-state index is 12.1. The van der Waals surface area contributed by atoms with Crippen LogP contribution in [-0.4, -0.2) is 34.3 Å². The Morgan fingerprint density at radius 3 is 2.68 bits per heavy atom. The molecule has 31 heavy (non-hydrogen) atoms. The van der Waals surface area contributed by atoms with Crippen molar-refractivity contribution in [1.82, 2.24) is 20.1 Å². The third kappa shape index (κ3) is 6.21. The lowest BCUT2D eigenvalue weighted by Gasteiger charge is -2.12. The van der Waals surface area contributed by atoms with Gasteiger partial charge in [-0.1, -0.05) is 53.2 Å². The van der Waals surface area contributed by atoms with E-state index in [9.17, 15) is 4.79 Å². The molecule has 0 aliphatic heterocycles. The minimum absolute atomic E-state index is 0.0375. The number of nitrogens with zero attached hydrogens (tertiary/aromatic N) is 3. The standard InChI is InChI=1S/C24H28N4O2S/c1-5-11-25-23(29)10-9-22-26-27-24(28(22)20-7-6-8-21(15-20)30-4)31-16-19-13-17(2)12-18(3)14-19/h5-8,12-15H,1,9-11,16H2,2-4H3,(H,25,29). The number of rotatable bonds is 10. The van der Waals surface area contributed by atoms with Crippen LogP contribution < -0.4 is 10.1 Å². The summed E-state index contributed by atoms with van der Waals surface area (Å²) in [6.07, 6.45) is 2.48. The Labute approximate surface area is 187 Å². The van der Waals surface area contributed by atoms with Gasteiger partial charge in [-0.05, 0) is 31.5 Å². The summed E-state index contributed by atoms with van der Waals surface area (Å²) in [5.74, 6) is 2.24. The normalized spacial score (nSPS) is 10.7. The highest BCUT2D eigenvalue weighted by atomic mass is 32.2. The van der Waals surface area contributed by atoms with Crippen LogP contribution in [0.15, 0.2) is 60.3 Å². The van der Waals surface area contributed by atoms with Gasteiger partial charge in [0.25, 0.3) is 0 Å². The van der Waals surface area contributed by atoms with Gasteiger partial charge in [-0.25, -0.2) is 0 Å². The van der Waals surface area contributed by atoms with E-state index in [0.29, 0.717) is 19.4 Å². The predicted octanol–water partition coefficient (Wildman–Crippen LogP) is 4.42. The van der Waals surface area contributed by atoms with Crippen molar-refractivity contribution in [3.05, 3.63) is 77.6 Å². The number of hydrogen-bond acceptors (Lipinski definition) is 5. The van der Waals surface area contributed by atoms with Crippen LogP contribution in [-0.2, 0) is 17.0 Å². The molecule has 1 amide bonds. The SMILES string of the molecule is C=CCNC(=O)CCc1nnc(SCc2cc(C)cc(C)c2)n1-c1cccc(OC)c1. The van der Waals surface area contributed by atoms with Gasteiger partial charge in [0.1, 0.15) is 11.6 Å². The highest BCUT2D eigenvalue weighted by Gasteiger charge is 2.16. The van der Waals surface area contributed by atoms with E-state index in [2.05, 4.69) is 54.1 Å². The Balaban J connectivity index is 1.86. The third-order valence-electron chi connectivity index (χ3n) is 4.68. The molecule has 162 valence electrons. The minimum atomic E-state index is -0.0375. The van der Waals surface area contributed by atoms with E-state index in [-0.39, 0.29) is 5.91 Å². The molecule has 1 aromatic heterocycles. The fourth-order valence-corrected chi connectivity index (χ4v) is 4.27. The molecule has 3 rings (SSSR count). The molecule has 1 N–H and O–H groups in total. The van der Waals surface area contributed by atoms with Gasteiger partial charge in [-0.15, -0.1) is 16.8 Å². The third-order valence-corrected chi connectivity index (χ3v) is 5.68. The molecule has 3 aromatic rings. The highest BCUT2D eigenvalue weighted by Crippen LogP contribution is 2.28. The molecule has 7 heteroatoms. The first-order valence-electron chi connectivity index (χ1n) is 10.2. The first-order chi connectivity index (χ1) is 15.0. The molecule has 0 atom stereocenters. The van der Waals surface area contributed by atoms with Crippen LogP contribution in [0, 0.1) is 13.8 Å². The number of carbonyl (C=O) groups is 1. The van der Waals surface area contributed by atoms with Gasteiger partial charge in [-0.3, -0.25) is 9.36 Å². The summed E-state index contributed by atoms with van der Waals surface area (Å²) in [5, 5.41) is 12.4. The number of carbonyl (C=O) groups excluding carboxylic acids is 1. The van der Waals surface area contributed by atoms with Crippen molar-refractivity contribution in [3.8, 4) is 11.4 Å². The van der Waals surface area contributed by atoms with Gasteiger partial charge in [0.05, 0.1) is 12.8 Å². The molecule has 0 saturated carbocycles. The number of benzene rings is 2. The number of nitrogens with one attached hydrogen (secondary N) is 1. The molecule has 0 saturated heterocycles. The van der Waals surface area contributed by atoms with E-state index in [1.165, 1.54) is 16.7 Å². The number of aromatic nitrogens is 3. The van der Waals surface area contributed by atoms with Crippen molar-refractivity contribution in [3.63, 3.8) is 0 Å². The van der Waals surface area contributed by atoms with E-state index in [1.54, 1.807) is 24.9 Å². The average molecular weight is 437 g/mol. The summed E-state index contributed by atoms with van der Waals surface area (Å²) in [6.45, 7) is 8.29. The Morgan fingerprint density at radius 1 is 1.19 bits per heavy atom. The predicted molar refractivity (Wildman–Crippen MR) is 125 cm³/mol. The van der Waals surface area contributed by atoms with Crippen LogP contribution in [0.2, 0.25) is 0 Å². The number of thioether (sulfide) groups is 1. The van der Waals surface area contributed by atoms with E-state index in [1.807, 2.05) is 28.8 Å². The van der Waals surface area contributed by atoms with Gasteiger partial charge in [0.15, 0.2) is 5.16 Å². The van der Waals surface area contributed by atoms with Crippen LogP contribution in [0.4, 0.5) is 0 Å². The summed E-state index contributed by atoms with van der Waals surface area (Å²) in [7, 11) is 1.64. The summed E-state index contributed by atoms with van der Waals surface area (Å²) in [6, 6.07) is 14.3. The average Bonchev–Trinajstić information content (AvgIpc) is 3.17. The molecule has 1 heterocycles. The van der Waals surface area contributed by atoms with Crippen molar-refractivity contribution in [2.75, 3.05) is 13.7 Å². The van der Waals surface area contributed by atoms with Crippen LogP contribution in [0.25, 0.3) is 5.69 Å². The molecular formula is C24H28N4O2S. The number of hydrogen-bond donors (Lipinski definition) is 1. The summed E-state index contributed by atoms with van der Waals surface area (Å²) >= 11 is 1.63. The van der Waals surface area contributed by atoms with Gasteiger partial charge in [-0.2, -0.15) is 0 Å². The van der Waals surface area contributed by atoms with Gasteiger partial charge in [0.2, 0.25) is 5.91 Å². The first-order valence-corrected chi connectivity index (χ1v) is 11.1. The van der Waals surface area contributed by atoms with Gasteiger partial charge >= 0.3 is 0 Å². The maximum atomic E-state index is 12.1. The van der Waals surface area contributed by atoms with Gasteiger partial charge < -0.3 is 10.1 Å². The zero-order valence-corrected chi connectivity index (χ0v) is 19.0. The lowest BCUT2D eigenvalue weighted by Crippen LogP contribution is -2.23. The highest BCUT2D eigenvalue weighted by molar-refractivity contribution is 7.98.